The normalized spacial score (nSPS) is 19.0. The van der Waals surface area contributed by atoms with Crippen LogP contribution in [0.15, 0.2) is 29.7 Å². The van der Waals surface area contributed by atoms with Gasteiger partial charge in [-0.05, 0) is 18.2 Å². The molecule has 0 amide bonds. The molecular weight excluding hydrogens is 300 g/mol. The van der Waals surface area contributed by atoms with E-state index >= 15 is 0 Å². The molecule has 2 atom stereocenters. The highest BCUT2D eigenvalue weighted by Crippen LogP contribution is 2.24. The highest BCUT2D eigenvalue weighted by molar-refractivity contribution is 5.93. The van der Waals surface area contributed by atoms with E-state index in [1.807, 2.05) is 0 Å². The third kappa shape index (κ3) is 2.88. The Bertz CT molecular complexity index is 649. The van der Waals surface area contributed by atoms with Gasteiger partial charge < -0.3 is 35.0 Å². The molecule has 2 rings (SSSR count). The molecule has 0 radical (unpaired) electrons. The van der Waals surface area contributed by atoms with Crippen LogP contribution in [0.4, 0.5) is 0 Å². The van der Waals surface area contributed by atoms with Crippen LogP contribution in [-0.2, 0) is 14.3 Å². The number of phenols is 2. The quantitative estimate of drug-likeness (QED) is 0.377. The number of carbonyl (C=O) groups is 2. The van der Waals surface area contributed by atoms with Gasteiger partial charge in [0.2, 0.25) is 5.76 Å². The second kappa shape index (κ2) is 5.82. The molecule has 0 aliphatic carbocycles. The summed E-state index contributed by atoms with van der Waals surface area (Å²) in [4.78, 5) is 22.7. The Morgan fingerprint density at radius 1 is 1.27 bits per heavy atom. The Kier molecular flexibility index (Phi) is 4.08. The Morgan fingerprint density at radius 3 is 2.55 bits per heavy atom. The summed E-state index contributed by atoms with van der Waals surface area (Å²) in [5.74, 6) is -4.87. The van der Waals surface area contributed by atoms with Gasteiger partial charge in [0.05, 0.1) is 0 Å². The van der Waals surface area contributed by atoms with Gasteiger partial charge in [-0.1, -0.05) is 0 Å². The number of phenolic OH excluding ortho intramolecular Hbond substituents is 2. The highest BCUT2D eigenvalue weighted by Gasteiger charge is 2.39. The molecule has 0 saturated heterocycles. The van der Waals surface area contributed by atoms with Crippen LogP contribution in [0.1, 0.15) is 10.4 Å². The Morgan fingerprint density at radius 2 is 1.95 bits per heavy atom. The number of aliphatic hydroxyl groups excluding tert-OH is 3. The fraction of sp³-hybridized carbons (Fsp3) is 0.231. The van der Waals surface area contributed by atoms with Gasteiger partial charge in [-0.2, -0.15) is 0 Å². The fourth-order valence-corrected chi connectivity index (χ4v) is 1.74. The molecule has 1 aromatic carbocycles. The summed E-state index contributed by atoms with van der Waals surface area (Å²) in [5, 5.41) is 46.9. The Hall–Kier alpha value is -2.94. The van der Waals surface area contributed by atoms with Crippen molar-refractivity contribution in [2.24, 2.45) is 0 Å². The lowest BCUT2D eigenvalue weighted by Crippen LogP contribution is -2.33. The summed E-state index contributed by atoms with van der Waals surface area (Å²) >= 11 is 0. The number of ether oxygens (including phenoxy) is 2. The molecule has 0 spiro atoms. The number of aromatic hydroxyl groups is 2. The zero-order valence-electron chi connectivity index (χ0n) is 11.0. The van der Waals surface area contributed by atoms with E-state index in [1.165, 1.54) is 0 Å². The summed E-state index contributed by atoms with van der Waals surface area (Å²) in [6.45, 7) is -0.691. The van der Waals surface area contributed by atoms with Crippen LogP contribution in [0.3, 0.4) is 0 Å². The first-order chi connectivity index (χ1) is 10.3. The number of cyclic esters (lactones) is 1. The third-order valence-electron chi connectivity index (χ3n) is 2.87. The summed E-state index contributed by atoms with van der Waals surface area (Å²) in [6.07, 6.45) is -3.19. The predicted octanol–water partition coefficient (Wildman–Crippen LogP) is -0.132. The molecular formula is C13H12O9. The third-order valence-corrected chi connectivity index (χ3v) is 2.87. The Labute approximate surface area is 123 Å². The van der Waals surface area contributed by atoms with Crippen LogP contribution in [0.5, 0.6) is 11.5 Å². The second-order valence-electron chi connectivity index (χ2n) is 4.43. The Balaban J connectivity index is 2.00. The maximum atomic E-state index is 11.7. The van der Waals surface area contributed by atoms with Gasteiger partial charge in [-0.15, -0.1) is 0 Å². The first kappa shape index (κ1) is 15.4. The first-order valence-electron chi connectivity index (χ1n) is 6.01. The van der Waals surface area contributed by atoms with Gasteiger partial charge in [0.15, 0.2) is 11.9 Å². The van der Waals surface area contributed by atoms with Crippen molar-refractivity contribution in [3.8, 4) is 11.5 Å². The van der Waals surface area contributed by atoms with E-state index in [4.69, 9.17) is 9.84 Å². The van der Waals surface area contributed by atoms with Gasteiger partial charge in [-0.25, -0.2) is 9.59 Å². The molecule has 1 aromatic rings. The maximum absolute atomic E-state index is 11.7. The van der Waals surface area contributed by atoms with E-state index in [2.05, 4.69) is 4.74 Å². The van der Waals surface area contributed by atoms with Crippen LogP contribution in [0, 0.1) is 0 Å². The van der Waals surface area contributed by atoms with Crippen molar-refractivity contribution in [1.82, 2.24) is 0 Å². The van der Waals surface area contributed by atoms with E-state index < -0.39 is 48.0 Å². The number of hydrogen-bond acceptors (Lipinski definition) is 9. The number of aliphatic hydroxyl groups is 3. The van der Waals surface area contributed by atoms with Crippen LogP contribution < -0.4 is 0 Å². The van der Waals surface area contributed by atoms with E-state index in [1.54, 1.807) is 0 Å². The predicted molar refractivity (Wildman–Crippen MR) is 68.2 cm³/mol. The molecule has 22 heavy (non-hydrogen) atoms. The van der Waals surface area contributed by atoms with Crippen molar-refractivity contribution >= 4 is 11.9 Å². The van der Waals surface area contributed by atoms with Crippen LogP contribution in [0.25, 0.3) is 0 Å². The fourth-order valence-electron chi connectivity index (χ4n) is 1.74. The van der Waals surface area contributed by atoms with Gasteiger partial charge in [0, 0.05) is 0 Å². The second-order valence-corrected chi connectivity index (χ2v) is 4.43. The minimum absolute atomic E-state index is 0.277. The zero-order valence-corrected chi connectivity index (χ0v) is 11.0. The van der Waals surface area contributed by atoms with Crippen molar-refractivity contribution in [3.63, 3.8) is 0 Å². The van der Waals surface area contributed by atoms with Crippen LogP contribution in [-0.4, -0.2) is 56.3 Å². The first-order valence-corrected chi connectivity index (χ1v) is 6.01. The molecule has 1 aliphatic heterocycles. The van der Waals surface area contributed by atoms with E-state index in [9.17, 15) is 30.0 Å². The number of rotatable bonds is 4. The lowest BCUT2D eigenvalue weighted by molar-refractivity contribution is -0.147. The van der Waals surface area contributed by atoms with Crippen LogP contribution in [0.2, 0.25) is 0 Å². The van der Waals surface area contributed by atoms with Crippen LogP contribution >= 0.6 is 0 Å². The van der Waals surface area contributed by atoms with Crippen molar-refractivity contribution < 1.29 is 44.6 Å². The standard InChI is InChI=1S/C13H12O9/c14-5-1-2-7(15)6(3-5)12(19)21-4-8(16)11-9(17)10(18)13(20)22-11/h1-3,8,11,14-18H,4H2/t8-,11+/m0/s1. The molecule has 9 heteroatoms. The van der Waals surface area contributed by atoms with Crippen molar-refractivity contribution in [2.45, 2.75) is 12.2 Å². The topological polar surface area (TPSA) is 154 Å². The lowest BCUT2D eigenvalue weighted by Gasteiger charge is -2.17. The van der Waals surface area contributed by atoms with Gasteiger partial charge in [0.25, 0.3) is 0 Å². The average Bonchev–Trinajstić information content (AvgIpc) is 2.74. The molecule has 0 fully saturated rings. The molecule has 5 N–H and O–H groups in total. The smallest absolute Gasteiger partial charge is 0.377 e. The van der Waals surface area contributed by atoms with E-state index in [-0.39, 0.29) is 11.3 Å². The van der Waals surface area contributed by atoms with Crippen molar-refractivity contribution in [3.05, 3.63) is 35.3 Å². The molecule has 0 saturated carbocycles. The van der Waals surface area contributed by atoms with E-state index in [0.717, 1.165) is 18.2 Å². The average molecular weight is 312 g/mol. The molecule has 0 aromatic heterocycles. The number of esters is 2. The monoisotopic (exact) mass is 312 g/mol. The van der Waals surface area contributed by atoms with Gasteiger partial charge >= 0.3 is 11.9 Å². The minimum atomic E-state index is -1.63. The summed E-state index contributed by atoms with van der Waals surface area (Å²) in [7, 11) is 0. The van der Waals surface area contributed by atoms with Crippen molar-refractivity contribution in [2.75, 3.05) is 6.61 Å². The highest BCUT2D eigenvalue weighted by atomic mass is 16.6. The molecule has 0 unspecified atom stereocenters. The largest absolute Gasteiger partial charge is 0.508 e. The molecule has 118 valence electrons. The minimum Gasteiger partial charge on any atom is -0.508 e. The summed E-state index contributed by atoms with van der Waals surface area (Å²) in [5.41, 5.74) is -0.335. The number of hydrogen-bond donors (Lipinski definition) is 5. The molecule has 1 aliphatic rings. The summed E-state index contributed by atoms with van der Waals surface area (Å²) in [6, 6.07) is 3.20. The maximum Gasteiger partial charge on any atom is 0.377 e. The van der Waals surface area contributed by atoms with Crippen molar-refractivity contribution in [1.29, 1.82) is 0 Å². The molecule has 9 nitrogen and oxygen atoms in total. The van der Waals surface area contributed by atoms with Gasteiger partial charge in [0.1, 0.15) is 29.8 Å². The lowest BCUT2D eigenvalue weighted by atomic mass is 10.1. The summed E-state index contributed by atoms with van der Waals surface area (Å²) < 4.78 is 9.18. The SMILES string of the molecule is O=C1O[C@H]([C@@H](O)COC(=O)c2cc(O)ccc2O)C(O)=C1O. The zero-order chi connectivity index (χ0) is 16.4. The van der Waals surface area contributed by atoms with E-state index in [0.29, 0.717) is 0 Å². The number of carbonyl (C=O) groups excluding carboxylic acids is 2. The number of benzene rings is 1. The molecule has 0 bridgehead atoms. The molecule has 1 heterocycles. The van der Waals surface area contributed by atoms with Gasteiger partial charge in [-0.3, -0.25) is 0 Å².